The largest absolute Gasteiger partial charge is 0.411 e. The van der Waals surface area contributed by atoms with Gasteiger partial charge < -0.3 is 14.2 Å². The molecule has 3 nitrogen and oxygen atoms in total. The summed E-state index contributed by atoms with van der Waals surface area (Å²) in [4.78, 5) is 0. The van der Waals surface area contributed by atoms with Crippen LogP contribution in [0, 0.1) is 0 Å². The molecule has 0 radical (unpaired) electrons. The van der Waals surface area contributed by atoms with Gasteiger partial charge in [0.1, 0.15) is 13.0 Å². The number of rotatable bonds is 6. The van der Waals surface area contributed by atoms with Crippen LogP contribution in [0.25, 0.3) is 0 Å². The minimum atomic E-state index is -5.01. The van der Waals surface area contributed by atoms with Crippen molar-refractivity contribution in [3.63, 3.8) is 0 Å². The van der Waals surface area contributed by atoms with Crippen molar-refractivity contribution in [1.82, 2.24) is 0 Å². The number of ether oxygens (including phenoxy) is 3. The first kappa shape index (κ1) is 18.4. The molecule has 0 aliphatic carbocycles. The molecule has 0 saturated carbocycles. The van der Waals surface area contributed by atoms with E-state index < -0.39 is 56.7 Å². The van der Waals surface area contributed by atoms with E-state index in [9.17, 15) is 35.1 Å². The summed E-state index contributed by atoms with van der Waals surface area (Å²) in [6.07, 6.45) is -14.5. The van der Waals surface area contributed by atoms with E-state index in [0.717, 1.165) is 0 Å². The van der Waals surface area contributed by atoms with Crippen LogP contribution in [0.5, 0.6) is 0 Å². The molecule has 0 aromatic carbocycles. The maximum Gasteiger partial charge on any atom is 0.411 e. The van der Waals surface area contributed by atoms with Gasteiger partial charge in [0.25, 0.3) is 12.4 Å². The molecule has 0 aromatic rings. The molecule has 0 N–H and O–H groups in total. The Balaban J connectivity index is 2.29. The standard InChI is InChI=1S/C10H12F8O3/c11-8(12,4-9(13,14)15)2-1-6-3-19-7(21-6)20-5-10(16,17)18/h6-7H,1-5H2. The molecule has 1 rings (SSSR count). The van der Waals surface area contributed by atoms with Crippen molar-refractivity contribution >= 4 is 0 Å². The minimum Gasteiger partial charge on any atom is -0.327 e. The zero-order chi connectivity index (χ0) is 16.3. The highest BCUT2D eigenvalue weighted by Crippen LogP contribution is 2.35. The van der Waals surface area contributed by atoms with Crippen LogP contribution >= 0.6 is 0 Å². The molecule has 21 heavy (non-hydrogen) atoms. The molecule has 0 bridgehead atoms. The van der Waals surface area contributed by atoms with Crippen LogP contribution in [0.2, 0.25) is 0 Å². The Morgan fingerprint density at radius 1 is 0.952 bits per heavy atom. The van der Waals surface area contributed by atoms with Gasteiger partial charge in [-0.3, -0.25) is 0 Å². The van der Waals surface area contributed by atoms with Crippen molar-refractivity contribution in [3.8, 4) is 0 Å². The highest BCUT2D eigenvalue weighted by molar-refractivity contribution is 4.74. The number of hydrogen-bond acceptors (Lipinski definition) is 3. The van der Waals surface area contributed by atoms with E-state index >= 15 is 0 Å². The maximum atomic E-state index is 13.0. The molecule has 1 aliphatic rings. The summed E-state index contributed by atoms with van der Waals surface area (Å²) < 4.78 is 111. The van der Waals surface area contributed by atoms with Gasteiger partial charge in [-0.1, -0.05) is 0 Å². The zero-order valence-electron chi connectivity index (χ0n) is 10.4. The monoisotopic (exact) mass is 332 g/mol. The van der Waals surface area contributed by atoms with Crippen molar-refractivity contribution in [2.24, 2.45) is 0 Å². The molecule has 0 spiro atoms. The van der Waals surface area contributed by atoms with E-state index in [4.69, 9.17) is 4.74 Å². The average molecular weight is 332 g/mol. The summed E-state index contributed by atoms with van der Waals surface area (Å²) in [5.74, 6) is -3.97. The molecule has 0 amide bonds. The Morgan fingerprint density at radius 3 is 2.10 bits per heavy atom. The molecule has 1 heterocycles. The number of alkyl halides is 8. The quantitative estimate of drug-likeness (QED) is 0.695. The second-order valence-corrected chi connectivity index (χ2v) is 4.49. The van der Waals surface area contributed by atoms with Gasteiger partial charge >= 0.3 is 12.4 Å². The van der Waals surface area contributed by atoms with Gasteiger partial charge in [0.2, 0.25) is 0 Å². The highest BCUT2D eigenvalue weighted by Gasteiger charge is 2.44. The summed E-state index contributed by atoms with van der Waals surface area (Å²) in [5, 5.41) is 0. The lowest BCUT2D eigenvalue weighted by molar-refractivity contribution is -0.283. The Hall–Kier alpha value is -0.680. The Morgan fingerprint density at radius 2 is 1.57 bits per heavy atom. The summed E-state index contributed by atoms with van der Waals surface area (Å²) >= 11 is 0. The fourth-order valence-electron chi connectivity index (χ4n) is 1.58. The van der Waals surface area contributed by atoms with Gasteiger partial charge in [0.05, 0.1) is 12.7 Å². The van der Waals surface area contributed by atoms with Crippen LogP contribution in [0.1, 0.15) is 19.3 Å². The predicted octanol–water partition coefficient (Wildman–Crippen LogP) is 3.63. The molecule has 126 valence electrons. The van der Waals surface area contributed by atoms with Crippen molar-refractivity contribution in [1.29, 1.82) is 0 Å². The summed E-state index contributed by atoms with van der Waals surface area (Å²) in [5.41, 5.74) is 0. The van der Waals surface area contributed by atoms with Gasteiger partial charge in [0.15, 0.2) is 0 Å². The zero-order valence-corrected chi connectivity index (χ0v) is 10.4. The van der Waals surface area contributed by atoms with E-state index in [-0.39, 0.29) is 6.61 Å². The fourth-order valence-corrected chi connectivity index (χ4v) is 1.58. The van der Waals surface area contributed by atoms with Gasteiger partial charge in [-0.25, -0.2) is 8.78 Å². The fraction of sp³-hybridized carbons (Fsp3) is 1.00. The first-order valence-corrected chi connectivity index (χ1v) is 5.76. The molecule has 1 saturated heterocycles. The van der Waals surface area contributed by atoms with Crippen LogP contribution in [0.4, 0.5) is 35.1 Å². The van der Waals surface area contributed by atoms with Gasteiger partial charge in [-0.15, -0.1) is 0 Å². The smallest absolute Gasteiger partial charge is 0.327 e. The Kier molecular flexibility index (Phi) is 5.78. The molecule has 0 aromatic heterocycles. The van der Waals surface area contributed by atoms with Gasteiger partial charge in [-0.2, -0.15) is 26.3 Å². The topological polar surface area (TPSA) is 27.7 Å². The first-order chi connectivity index (χ1) is 9.36. The SMILES string of the molecule is FC(F)(F)COC1OCC(CCC(F)(F)CC(F)(F)F)O1. The van der Waals surface area contributed by atoms with Crippen molar-refractivity contribution in [2.45, 2.75) is 50.1 Å². The lowest BCUT2D eigenvalue weighted by atomic mass is 10.1. The second kappa shape index (κ2) is 6.61. The second-order valence-electron chi connectivity index (χ2n) is 4.49. The summed E-state index contributed by atoms with van der Waals surface area (Å²) in [6, 6.07) is 0. The van der Waals surface area contributed by atoms with E-state index in [2.05, 4.69) is 9.47 Å². The third-order valence-corrected chi connectivity index (χ3v) is 2.40. The van der Waals surface area contributed by atoms with Crippen LogP contribution in [0.3, 0.4) is 0 Å². The molecule has 2 unspecified atom stereocenters. The molecule has 1 fully saturated rings. The molecular formula is C10H12F8O3. The predicted molar refractivity (Wildman–Crippen MR) is 51.5 cm³/mol. The molecule has 1 aliphatic heterocycles. The average Bonchev–Trinajstić information content (AvgIpc) is 2.67. The lowest BCUT2D eigenvalue weighted by Crippen LogP contribution is -2.28. The molecule has 2 atom stereocenters. The third kappa shape index (κ3) is 8.37. The Labute approximate surface area is 114 Å². The maximum absolute atomic E-state index is 13.0. The lowest BCUT2D eigenvalue weighted by Gasteiger charge is -2.19. The van der Waals surface area contributed by atoms with E-state index in [1.54, 1.807) is 0 Å². The Bertz CT molecular complexity index is 327. The van der Waals surface area contributed by atoms with Crippen molar-refractivity contribution < 1.29 is 49.3 Å². The van der Waals surface area contributed by atoms with Crippen LogP contribution < -0.4 is 0 Å². The van der Waals surface area contributed by atoms with Crippen molar-refractivity contribution in [2.75, 3.05) is 13.2 Å². The number of hydrogen-bond donors (Lipinski definition) is 0. The molecular weight excluding hydrogens is 320 g/mol. The number of halogens is 8. The minimum absolute atomic E-state index is 0.329. The van der Waals surface area contributed by atoms with E-state index in [1.165, 1.54) is 0 Å². The van der Waals surface area contributed by atoms with Gasteiger partial charge in [0, 0.05) is 6.42 Å². The van der Waals surface area contributed by atoms with Crippen LogP contribution in [-0.2, 0) is 14.2 Å². The van der Waals surface area contributed by atoms with E-state index in [1.807, 2.05) is 0 Å². The van der Waals surface area contributed by atoms with Gasteiger partial charge in [-0.05, 0) is 6.42 Å². The van der Waals surface area contributed by atoms with E-state index in [0.29, 0.717) is 0 Å². The van der Waals surface area contributed by atoms with Crippen LogP contribution in [-0.4, -0.2) is 44.1 Å². The van der Waals surface area contributed by atoms with Crippen LogP contribution in [0.15, 0.2) is 0 Å². The molecule has 11 heteroatoms. The summed E-state index contributed by atoms with van der Waals surface area (Å²) in [7, 11) is 0. The third-order valence-electron chi connectivity index (χ3n) is 2.40. The van der Waals surface area contributed by atoms with Crippen molar-refractivity contribution in [3.05, 3.63) is 0 Å². The normalized spacial score (nSPS) is 24.6. The summed E-state index contributed by atoms with van der Waals surface area (Å²) in [6.45, 7) is -3.63. The highest BCUT2D eigenvalue weighted by atomic mass is 19.4. The first-order valence-electron chi connectivity index (χ1n) is 5.76.